The summed E-state index contributed by atoms with van der Waals surface area (Å²) in [5.74, 6) is -0.623. The number of hydrogen-bond acceptors (Lipinski definition) is 6. The van der Waals surface area contributed by atoms with Gasteiger partial charge in [-0.1, -0.05) is 13.8 Å². The van der Waals surface area contributed by atoms with Crippen LogP contribution in [0.1, 0.15) is 37.0 Å². The van der Waals surface area contributed by atoms with E-state index in [4.69, 9.17) is 0 Å². The zero-order chi connectivity index (χ0) is 25.2. The van der Waals surface area contributed by atoms with Crippen molar-refractivity contribution < 1.29 is 19.2 Å². The molecule has 34 heavy (non-hydrogen) atoms. The summed E-state index contributed by atoms with van der Waals surface area (Å²) in [5.41, 5.74) is 1.45. The second-order valence-electron chi connectivity index (χ2n) is 10.2. The van der Waals surface area contributed by atoms with Gasteiger partial charge in [0.2, 0.25) is 11.8 Å². The first-order chi connectivity index (χ1) is 16.0. The number of fused-ring (bicyclic) bond motifs is 1. The number of Topliss-reactive ketones (excluding diaryl/α,β-unsaturated/α-hetero) is 1. The van der Waals surface area contributed by atoms with Gasteiger partial charge in [0.05, 0.1) is 19.1 Å². The van der Waals surface area contributed by atoms with Crippen LogP contribution in [-0.4, -0.2) is 104 Å². The number of hydrogen-bond donors (Lipinski definition) is 1. The van der Waals surface area contributed by atoms with Gasteiger partial charge < -0.3 is 24.9 Å². The summed E-state index contributed by atoms with van der Waals surface area (Å²) in [6.45, 7) is 4.64. The third-order valence-corrected chi connectivity index (χ3v) is 6.43. The molecule has 3 atom stereocenters. The maximum atomic E-state index is 13.6. The van der Waals surface area contributed by atoms with Gasteiger partial charge in [0.15, 0.2) is 5.78 Å². The van der Waals surface area contributed by atoms with Crippen LogP contribution in [0.3, 0.4) is 0 Å². The minimum atomic E-state index is -0.737. The fourth-order valence-electron chi connectivity index (χ4n) is 4.80. The van der Waals surface area contributed by atoms with Crippen molar-refractivity contribution in [1.82, 2.24) is 20.0 Å². The van der Waals surface area contributed by atoms with Crippen LogP contribution < -0.4 is 10.2 Å². The summed E-state index contributed by atoms with van der Waals surface area (Å²) >= 11 is 0. The number of nitrogens with one attached hydrogen (secondary N) is 1. The highest BCUT2D eigenvalue weighted by Crippen LogP contribution is 2.31. The third-order valence-electron chi connectivity index (χ3n) is 6.43. The number of likely N-dealkylation sites (tertiary alicyclic amines) is 2. The van der Waals surface area contributed by atoms with Crippen LogP contribution in [0.15, 0.2) is 24.3 Å². The standard InChI is InChI=1S/C25H37N5O4/c1-16(2)13-19(26-24(33)17-7-9-18(10-8-17)28(5)6)25(34)29-12-11-20-23(29)21(31)14-30(20)22(32)15-27(3)4/h7-10,16,19-20,23H,11-15H2,1-6H3,(H,26,33)/t19-,20?,23?/m0/s1. The summed E-state index contributed by atoms with van der Waals surface area (Å²) < 4.78 is 0. The van der Waals surface area contributed by atoms with Crippen molar-refractivity contribution in [2.75, 3.05) is 52.7 Å². The lowest BCUT2D eigenvalue weighted by molar-refractivity contribution is -0.138. The first kappa shape index (κ1) is 25.7. The fourth-order valence-corrected chi connectivity index (χ4v) is 4.80. The van der Waals surface area contributed by atoms with E-state index in [2.05, 4.69) is 5.32 Å². The molecular weight excluding hydrogens is 434 g/mol. The molecule has 2 unspecified atom stereocenters. The third kappa shape index (κ3) is 5.58. The smallest absolute Gasteiger partial charge is 0.251 e. The summed E-state index contributed by atoms with van der Waals surface area (Å²) in [4.78, 5) is 58.9. The van der Waals surface area contributed by atoms with E-state index >= 15 is 0 Å². The lowest BCUT2D eigenvalue weighted by Crippen LogP contribution is -2.53. The molecule has 0 radical (unpaired) electrons. The Bertz CT molecular complexity index is 928. The number of benzene rings is 1. The van der Waals surface area contributed by atoms with Gasteiger partial charge in [-0.2, -0.15) is 0 Å². The highest BCUT2D eigenvalue weighted by atomic mass is 16.2. The quantitative estimate of drug-likeness (QED) is 0.604. The van der Waals surface area contributed by atoms with Gasteiger partial charge in [0, 0.05) is 31.9 Å². The predicted octanol–water partition coefficient (Wildman–Crippen LogP) is 0.840. The van der Waals surface area contributed by atoms with Gasteiger partial charge in [-0.05, 0) is 57.1 Å². The Balaban J connectivity index is 1.74. The van der Waals surface area contributed by atoms with E-state index in [9.17, 15) is 19.2 Å². The minimum Gasteiger partial charge on any atom is -0.378 e. The molecule has 2 fully saturated rings. The van der Waals surface area contributed by atoms with Crippen LogP contribution in [0.5, 0.6) is 0 Å². The molecule has 0 aliphatic carbocycles. The molecule has 2 heterocycles. The van der Waals surface area contributed by atoms with Crippen molar-refractivity contribution in [1.29, 1.82) is 0 Å². The molecule has 3 rings (SSSR count). The molecule has 186 valence electrons. The number of carbonyl (C=O) groups is 4. The lowest BCUT2D eigenvalue weighted by atomic mass is 10.0. The summed E-state index contributed by atoms with van der Waals surface area (Å²) in [5, 5.41) is 2.90. The van der Waals surface area contributed by atoms with E-state index in [0.717, 1.165) is 5.69 Å². The van der Waals surface area contributed by atoms with Gasteiger partial charge in [0.25, 0.3) is 5.91 Å². The van der Waals surface area contributed by atoms with Crippen LogP contribution in [0.4, 0.5) is 5.69 Å². The Hall–Kier alpha value is -2.94. The molecule has 9 nitrogen and oxygen atoms in total. The summed E-state index contributed by atoms with van der Waals surface area (Å²) in [6.07, 6.45) is 1.03. The van der Waals surface area contributed by atoms with E-state index in [1.54, 1.807) is 26.8 Å². The maximum absolute atomic E-state index is 13.6. The average molecular weight is 472 g/mol. The van der Waals surface area contributed by atoms with Gasteiger partial charge in [-0.3, -0.25) is 19.2 Å². The number of anilines is 1. The first-order valence-corrected chi connectivity index (χ1v) is 11.8. The van der Waals surface area contributed by atoms with Crippen molar-refractivity contribution >= 4 is 29.2 Å². The first-order valence-electron chi connectivity index (χ1n) is 11.8. The SMILES string of the molecule is CC(C)C[C@H](NC(=O)c1ccc(N(C)C)cc1)C(=O)N1CCC2C1C(=O)CN2C(=O)CN(C)C. The van der Waals surface area contributed by atoms with Crippen molar-refractivity contribution in [3.63, 3.8) is 0 Å². The molecule has 0 spiro atoms. The molecule has 3 amide bonds. The predicted molar refractivity (Wildman–Crippen MR) is 131 cm³/mol. The molecular formula is C25H37N5O4. The number of ketones is 1. The van der Waals surface area contributed by atoms with Crippen LogP contribution in [0.2, 0.25) is 0 Å². The van der Waals surface area contributed by atoms with Crippen molar-refractivity contribution in [3.05, 3.63) is 29.8 Å². The monoisotopic (exact) mass is 471 g/mol. The number of carbonyl (C=O) groups excluding carboxylic acids is 4. The Kier molecular flexibility index (Phi) is 7.97. The second kappa shape index (κ2) is 10.5. The van der Waals surface area contributed by atoms with Gasteiger partial charge in [-0.15, -0.1) is 0 Å². The van der Waals surface area contributed by atoms with Crippen LogP contribution in [-0.2, 0) is 14.4 Å². The molecule has 1 N–H and O–H groups in total. The molecule has 0 saturated carbocycles. The Morgan fingerprint density at radius 3 is 2.26 bits per heavy atom. The number of nitrogens with zero attached hydrogens (tertiary/aromatic N) is 4. The minimum absolute atomic E-state index is 0.0330. The maximum Gasteiger partial charge on any atom is 0.251 e. The topological polar surface area (TPSA) is 93.3 Å². The number of rotatable bonds is 8. The summed E-state index contributed by atoms with van der Waals surface area (Å²) in [7, 11) is 7.47. The summed E-state index contributed by atoms with van der Waals surface area (Å²) in [6, 6.07) is 5.53. The number of likely N-dealkylation sites (N-methyl/N-ethyl adjacent to an activating group) is 1. The van der Waals surface area contributed by atoms with Gasteiger partial charge in [0.1, 0.15) is 12.1 Å². The van der Waals surface area contributed by atoms with Crippen LogP contribution in [0, 0.1) is 5.92 Å². The van der Waals surface area contributed by atoms with E-state index < -0.39 is 12.1 Å². The Morgan fingerprint density at radius 1 is 1.06 bits per heavy atom. The van der Waals surface area contributed by atoms with Crippen molar-refractivity contribution in [2.24, 2.45) is 5.92 Å². The van der Waals surface area contributed by atoms with E-state index in [1.807, 2.05) is 59.1 Å². The van der Waals surface area contributed by atoms with Gasteiger partial charge >= 0.3 is 0 Å². The molecule has 1 aromatic rings. The van der Waals surface area contributed by atoms with Crippen LogP contribution >= 0.6 is 0 Å². The number of amides is 3. The molecule has 9 heteroatoms. The lowest BCUT2D eigenvalue weighted by Gasteiger charge is -2.29. The second-order valence-corrected chi connectivity index (χ2v) is 10.2. The Labute approximate surface area is 202 Å². The molecule has 0 bridgehead atoms. The van der Waals surface area contributed by atoms with E-state index in [0.29, 0.717) is 24.9 Å². The highest BCUT2D eigenvalue weighted by molar-refractivity contribution is 6.01. The highest BCUT2D eigenvalue weighted by Gasteiger charge is 2.52. The van der Waals surface area contributed by atoms with E-state index in [-0.39, 0.29) is 48.6 Å². The largest absolute Gasteiger partial charge is 0.378 e. The molecule has 2 saturated heterocycles. The normalized spacial score (nSPS) is 20.6. The molecule has 0 aromatic heterocycles. The zero-order valence-electron chi connectivity index (χ0n) is 21.1. The van der Waals surface area contributed by atoms with E-state index in [1.165, 1.54) is 0 Å². The molecule has 2 aliphatic rings. The van der Waals surface area contributed by atoms with Crippen molar-refractivity contribution in [2.45, 2.75) is 44.8 Å². The Morgan fingerprint density at radius 2 is 1.71 bits per heavy atom. The molecule has 2 aliphatic heterocycles. The van der Waals surface area contributed by atoms with Gasteiger partial charge in [-0.25, -0.2) is 0 Å². The van der Waals surface area contributed by atoms with Crippen LogP contribution in [0.25, 0.3) is 0 Å². The average Bonchev–Trinajstić information content (AvgIpc) is 3.33. The molecule has 1 aromatic carbocycles. The zero-order valence-corrected chi connectivity index (χ0v) is 21.1. The fraction of sp³-hybridized carbons (Fsp3) is 0.600. The van der Waals surface area contributed by atoms with Crippen molar-refractivity contribution in [3.8, 4) is 0 Å².